The van der Waals surface area contributed by atoms with Crippen LogP contribution in [0.3, 0.4) is 0 Å². The number of ether oxygens (including phenoxy) is 1. The molecule has 0 radical (unpaired) electrons. The molecule has 0 aromatic carbocycles. The van der Waals surface area contributed by atoms with Gasteiger partial charge in [0.2, 0.25) is 0 Å². The monoisotopic (exact) mass is 338 g/mol. The third-order valence-corrected chi connectivity index (χ3v) is 3.53. The van der Waals surface area contributed by atoms with Gasteiger partial charge in [0.15, 0.2) is 0 Å². The van der Waals surface area contributed by atoms with E-state index in [1.54, 1.807) is 20.8 Å². The van der Waals surface area contributed by atoms with Crippen LogP contribution in [0.1, 0.15) is 40.8 Å². The molecule has 2 aromatic rings. The van der Waals surface area contributed by atoms with Crippen molar-refractivity contribution in [2.24, 2.45) is 0 Å². The summed E-state index contributed by atoms with van der Waals surface area (Å²) >= 11 is 0. The predicted octanol–water partition coefficient (Wildman–Crippen LogP) is 3.70. The van der Waals surface area contributed by atoms with Crippen LogP contribution in [0.4, 0.5) is 8.78 Å². The highest BCUT2D eigenvalue weighted by molar-refractivity contribution is 5.22. The van der Waals surface area contributed by atoms with Crippen LogP contribution in [0.15, 0.2) is 12.1 Å². The minimum atomic E-state index is -0.361. The molecule has 4 nitrogen and oxygen atoms in total. The molecule has 2 heterocycles. The Morgan fingerprint density at radius 3 is 1.79 bits per heavy atom. The van der Waals surface area contributed by atoms with Crippen molar-refractivity contribution >= 4 is 0 Å². The van der Waals surface area contributed by atoms with Crippen LogP contribution in [0.25, 0.3) is 0 Å². The molecule has 0 spiro atoms. The predicted molar refractivity (Wildman–Crippen MR) is 88.6 cm³/mol. The van der Waals surface area contributed by atoms with Crippen molar-refractivity contribution in [3.05, 3.63) is 57.7 Å². The van der Waals surface area contributed by atoms with Crippen LogP contribution >= 0.6 is 0 Å². The molecule has 0 fully saturated rings. The van der Waals surface area contributed by atoms with Crippen molar-refractivity contribution in [3.63, 3.8) is 0 Å². The first kappa shape index (κ1) is 20.1. The van der Waals surface area contributed by atoms with Gasteiger partial charge in [-0.05, 0) is 46.8 Å². The number of pyridine rings is 2. The number of aliphatic hydroxyl groups excluding tert-OH is 1. The van der Waals surface area contributed by atoms with Gasteiger partial charge in [-0.25, -0.2) is 8.78 Å². The molecule has 0 saturated carbocycles. The van der Waals surface area contributed by atoms with E-state index in [2.05, 4.69) is 9.97 Å². The van der Waals surface area contributed by atoms with E-state index in [1.807, 2.05) is 13.8 Å². The zero-order valence-corrected chi connectivity index (χ0v) is 14.8. The molecule has 0 amide bonds. The largest absolute Gasteiger partial charge is 0.392 e. The summed E-state index contributed by atoms with van der Waals surface area (Å²) in [7, 11) is 0. The average Bonchev–Trinajstić information content (AvgIpc) is 2.53. The molecular weight excluding hydrogens is 314 g/mol. The van der Waals surface area contributed by atoms with E-state index in [-0.39, 0.29) is 18.2 Å². The molecule has 6 heteroatoms. The van der Waals surface area contributed by atoms with E-state index in [0.717, 1.165) is 11.3 Å². The SMILES string of the molecule is CCOCc1cc(F)c(C)nc1C.Cc1nc(C)c(CO)cc1F. The van der Waals surface area contributed by atoms with Gasteiger partial charge in [-0.2, -0.15) is 0 Å². The lowest BCUT2D eigenvalue weighted by atomic mass is 10.2. The van der Waals surface area contributed by atoms with Gasteiger partial charge in [0.05, 0.1) is 24.6 Å². The first-order chi connectivity index (χ1) is 11.3. The summed E-state index contributed by atoms with van der Waals surface area (Å²) in [5, 5.41) is 8.73. The van der Waals surface area contributed by atoms with Crippen LogP contribution in [0, 0.1) is 39.3 Å². The zero-order chi connectivity index (χ0) is 18.3. The fraction of sp³-hybridized carbons (Fsp3) is 0.444. The topological polar surface area (TPSA) is 55.2 Å². The van der Waals surface area contributed by atoms with Crippen molar-refractivity contribution in [1.82, 2.24) is 9.97 Å². The molecule has 1 N–H and O–H groups in total. The molecule has 0 aliphatic rings. The van der Waals surface area contributed by atoms with Gasteiger partial charge >= 0.3 is 0 Å². The van der Waals surface area contributed by atoms with Gasteiger partial charge in [0.1, 0.15) is 11.6 Å². The second-order valence-electron chi connectivity index (χ2n) is 5.40. The van der Waals surface area contributed by atoms with E-state index in [1.165, 1.54) is 12.1 Å². The highest BCUT2D eigenvalue weighted by atomic mass is 19.1. The Morgan fingerprint density at radius 2 is 1.33 bits per heavy atom. The van der Waals surface area contributed by atoms with Gasteiger partial charge in [0.25, 0.3) is 0 Å². The minimum absolute atomic E-state index is 0.157. The Bertz CT molecular complexity index is 691. The Labute approximate surface area is 141 Å². The lowest BCUT2D eigenvalue weighted by Gasteiger charge is -2.06. The number of hydrogen-bond acceptors (Lipinski definition) is 4. The summed E-state index contributed by atoms with van der Waals surface area (Å²) in [6.45, 7) is 9.69. The molecule has 132 valence electrons. The van der Waals surface area contributed by atoms with Crippen LogP contribution in [-0.4, -0.2) is 21.7 Å². The molecule has 2 rings (SSSR count). The van der Waals surface area contributed by atoms with Crippen LogP contribution in [0.2, 0.25) is 0 Å². The van der Waals surface area contributed by atoms with Gasteiger partial charge in [-0.15, -0.1) is 0 Å². The third-order valence-electron chi connectivity index (χ3n) is 3.53. The quantitative estimate of drug-likeness (QED) is 0.923. The molecular formula is C18H24F2N2O2. The Hall–Kier alpha value is -1.92. The van der Waals surface area contributed by atoms with Crippen LogP contribution in [-0.2, 0) is 18.0 Å². The van der Waals surface area contributed by atoms with Crippen molar-refractivity contribution in [2.75, 3.05) is 6.61 Å². The number of rotatable bonds is 4. The lowest BCUT2D eigenvalue weighted by Crippen LogP contribution is -2.00. The Kier molecular flexibility index (Phi) is 7.88. The van der Waals surface area contributed by atoms with Gasteiger partial charge < -0.3 is 9.84 Å². The maximum atomic E-state index is 13.1. The smallest absolute Gasteiger partial charge is 0.144 e. The Balaban J connectivity index is 0.000000243. The van der Waals surface area contributed by atoms with Crippen molar-refractivity contribution in [3.8, 4) is 0 Å². The summed E-state index contributed by atoms with van der Waals surface area (Å²) in [5.41, 5.74) is 3.72. The lowest BCUT2D eigenvalue weighted by molar-refractivity contribution is 0.133. The standard InChI is InChI=1S/C10H14FNO.C8H10FNO/c1-4-13-6-9-5-10(11)8(3)12-7(9)2;1-5-7(4-11)3-8(9)6(2)10-5/h5H,4,6H2,1-3H3;3,11H,4H2,1-2H3. The second kappa shape index (κ2) is 9.39. The highest BCUT2D eigenvalue weighted by Gasteiger charge is 2.05. The maximum Gasteiger partial charge on any atom is 0.144 e. The van der Waals surface area contributed by atoms with E-state index in [0.29, 0.717) is 35.9 Å². The van der Waals surface area contributed by atoms with Gasteiger partial charge in [0, 0.05) is 29.1 Å². The van der Waals surface area contributed by atoms with Crippen molar-refractivity contribution in [2.45, 2.75) is 47.8 Å². The van der Waals surface area contributed by atoms with Crippen molar-refractivity contribution in [1.29, 1.82) is 0 Å². The first-order valence-corrected chi connectivity index (χ1v) is 7.73. The minimum Gasteiger partial charge on any atom is -0.392 e. The van der Waals surface area contributed by atoms with Gasteiger partial charge in [-0.3, -0.25) is 9.97 Å². The number of aromatic nitrogens is 2. The molecule has 0 saturated heterocycles. The Morgan fingerprint density at radius 1 is 0.875 bits per heavy atom. The number of nitrogens with zero attached hydrogens (tertiary/aromatic N) is 2. The molecule has 0 bridgehead atoms. The first-order valence-electron chi connectivity index (χ1n) is 7.73. The zero-order valence-electron chi connectivity index (χ0n) is 14.8. The van der Waals surface area contributed by atoms with E-state index >= 15 is 0 Å². The molecule has 0 aliphatic carbocycles. The number of aryl methyl sites for hydroxylation is 4. The average molecular weight is 338 g/mol. The number of halogens is 2. The molecule has 0 atom stereocenters. The third kappa shape index (κ3) is 5.62. The number of hydrogen-bond donors (Lipinski definition) is 1. The fourth-order valence-electron chi connectivity index (χ4n) is 2.00. The number of aliphatic hydroxyl groups is 1. The summed E-state index contributed by atoms with van der Waals surface area (Å²) in [5.74, 6) is -0.625. The van der Waals surface area contributed by atoms with Crippen molar-refractivity contribution < 1.29 is 18.6 Å². The normalized spacial score (nSPS) is 10.3. The second-order valence-corrected chi connectivity index (χ2v) is 5.40. The molecule has 0 unspecified atom stereocenters. The summed E-state index contributed by atoms with van der Waals surface area (Å²) in [6, 6.07) is 2.81. The van der Waals surface area contributed by atoms with E-state index in [4.69, 9.17) is 9.84 Å². The summed E-state index contributed by atoms with van der Waals surface area (Å²) < 4.78 is 31.0. The fourth-order valence-corrected chi connectivity index (χ4v) is 2.00. The summed E-state index contributed by atoms with van der Waals surface area (Å²) in [6.07, 6.45) is 0. The van der Waals surface area contributed by atoms with E-state index in [9.17, 15) is 8.78 Å². The maximum absolute atomic E-state index is 13.1. The highest BCUT2D eigenvalue weighted by Crippen LogP contribution is 2.12. The van der Waals surface area contributed by atoms with E-state index < -0.39 is 0 Å². The summed E-state index contributed by atoms with van der Waals surface area (Å²) in [4.78, 5) is 7.98. The van der Waals surface area contributed by atoms with Crippen LogP contribution < -0.4 is 0 Å². The molecule has 0 aliphatic heterocycles. The van der Waals surface area contributed by atoms with Gasteiger partial charge in [-0.1, -0.05) is 0 Å². The van der Waals surface area contributed by atoms with Crippen LogP contribution in [0.5, 0.6) is 0 Å². The molecule has 24 heavy (non-hydrogen) atoms. The molecule has 2 aromatic heterocycles.